The van der Waals surface area contributed by atoms with Crippen molar-refractivity contribution in [3.8, 4) is 0 Å². The van der Waals surface area contributed by atoms with E-state index in [1.54, 1.807) is 12.2 Å². The summed E-state index contributed by atoms with van der Waals surface area (Å²) in [6.07, 6.45) is 7.01. The molecule has 12 heavy (non-hydrogen) atoms. The Bertz CT molecular complexity index is 186. The molecule has 2 heteroatoms. The highest BCUT2D eigenvalue weighted by Gasteiger charge is 2.36. The van der Waals surface area contributed by atoms with Crippen LogP contribution >= 0.6 is 0 Å². The summed E-state index contributed by atoms with van der Waals surface area (Å²) in [5.74, 6) is 0.810. The van der Waals surface area contributed by atoms with Crippen molar-refractivity contribution >= 4 is 5.91 Å². The Balaban J connectivity index is 2.14. The first-order valence-electron chi connectivity index (χ1n) is 4.71. The van der Waals surface area contributed by atoms with Crippen molar-refractivity contribution in [3.05, 3.63) is 12.2 Å². The number of hydrogen-bond acceptors (Lipinski definition) is 1. The number of rotatable bonds is 4. The van der Waals surface area contributed by atoms with Crippen LogP contribution in [-0.4, -0.2) is 11.9 Å². The van der Waals surface area contributed by atoms with Gasteiger partial charge in [0.2, 0.25) is 5.91 Å². The lowest BCUT2D eigenvalue weighted by Crippen LogP contribution is -2.24. The average Bonchev–Trinajstić information content (AvgIpc) is 2.69. The zero-order valence-corrected chi connectivity index (χ0v) is 7.84. The van der Waals surface area contributed by atoms with Crippen LogP contribution in [-0.2, 0) is 4.79 Å². The molecule has 1 amide bonds. The number of carbonyl (C=O) groups is 1. The summed E-state index contributed by atoms with van der Waals surface area (Å²) < 4.78 is 0. The molecule has 0 heterocycles. The summed E-state index contributed by atoms with van der Waals surface area (Å²) in [7, 11) is 0. The third-order valence-corrected chi connectivity index (χ3v) is 2.23. The molecule has 0 aliphatic heterocycles. The summed E-state index contributed by atoms with van der Waals surface area (Å²) in [6.45, 7) is 4.04. The Kier molecular flexibility index (Phi) is 3.32. The second-order valence-corrected chi connectivity index (χ2v) is 3.40. The number of allylic oxidation sites excluding steroid dienone is 1. The topological polar surface area (TPSA) is 29.1 Å². The monoisotopic (exact) mass is 167 g/mol. The lowest BCUT2D eigenvalue weighted by Gasteiger charge is -1.99. The summed E-state index contributed by atoms with van der Waals surface area (Å²) in [4.78, 5) is 11.0. The van der Waals surface area contributed by atoms with Crippen molar-refractivity contribution in [2.75, 3.05) is 0 Å². The van der Waals surface area contributed by atoms with Crippen molar-refractivity contribution in [1.29, 1.82) is 0 Å². The second kappa shape index (κ2) is 4.29. The Labute approximate surface area is 74.0 Å². The fraction of sp³-hybridized carbons (Fsp3) is 0.700. The molecule has 1 rings (SSSR count). The zero-order chi connectivity index (χ0) is 8.97. The van der Waals surface area contributed by atoms with Crippen molar-refractivity contribution in [2.45, 2.75) is 39.2 Å². The second-order valence-electron chi connectivity index (χ2n) is 3.40. The van der Waals surface area contributed by atoms with Gasteiger partial charge in [0.25, 0.3) is 0 Å². The van der Waals surface area contributed by atoms with Crippen LogP contribution in [0.5, 0.6) is 0 Å². The van der Waals surface area contributed by atoms with Gasteiger partial charge in [-0.1, -0.05) is 19.4 Å². The van der Waals surface area contributed by atoms with Gasteiger partial charge in [-0.2, -0.15) is 0 Å². The lowest BCUT2D eigenvalue weighted by molar-refractivity contribution is -0.116. The van der Waals surface area contributed by atoms with Crippen LogP contribution in [0.25, 0.3) is 0 Å². The highest BCUT2D eigenvalue weighted by Crippen LogP contribution is 2.34. The molecule has 2 nitrogen and oxygen atoms in total. The minimum atomic E-state index is 0.0566. The van der Waals surface area contributed by atoms with Crippen LogP contribution < -0.4 is 5.32 Å². The minimum absolute atomic E-state index is 0.0566. The van der Waals surface area contributed by atoms with Gasteiger partial charge in [-0.25, -0.2) is 0 Å². The van der Waals surface area contributed by atoms with Crippen molar-refractivity contribution < 1.29 is 4.79 Å². The molecule has 1 saturated carbocycles. The molecule has 0 radical (unpaired) electrons. The summed E-state index contributed by atoms with van der Waals surface area (Å²) in [6, 6.07) is 0.466. The average molecular weight is 167 g/mol. The van der Waals surface area contributed by atoms with Gasteiger partial charge < -0.3 is 5.32 Å². The number of amides is 1. The standard InChI is InChI=1S/C10H17NO/c1-3-5-8-7-9(8)11-10(12)6-4-2/h4,6,8-9H,3,5,7H2,1-2H3,(H,11,12)/b6-4+. The molecule has 1 aliphatic rings. The maximum Gasteiger partial charge on any atom is 0.243 e. The van der Waals surface area contributed by atoms with Crippen LogP contribution in [0.2, 0.25) is 0 Å². The molecule has 0 aromatic heterocycles. The molecule has 2 unspecified atom stereocenters. The first-order chi connectivity index (χ1) is 5.77. The number of nitrogens with one attached hydrogen (secondary N) is 1. The normalized spacial score (nSPS) is 27.5. The molecular formula is C10H17NO. The third kappa shape index (κ3) is 2.68. The summed E-state index contributed by atoms with van der Waals surface area (Å²) in [5, 5.41) is 2.96. The van der Waals surface area contributed by atoms with Crippen LogP contribution in [0.15, 0.2) is 12.2 Å². The van der Waals surface area contributed by atoms with Crippen LogP contribution in [0.1, 0.15) is 33.1 Å². The van der Waals surface area contributed by atoms with Gasteiger partial charge in [-0.15, -0.1) is 0 Å². The molecule has 2 atom stereocenters. The first kappa shape index (κ1) is 9.30. The Morgan fingerprint density at radius 2 is 2.42 bits per heavy atom. The quantitative estimate of drug-likeness (QED) is 0.636. The molecule has 0 aromatic carbocycles. The zero-order valence-electron chi connectivity index (χ0n) is 7.84. The van der Waals surface area contributed by atoms with Crippen LogP contribution in [0.3, 0.4) is 0 Å². The van der Waals surface area contributed by atoms with Crippen LogP contribution in [0.4, 0.5) is 0 Å². The Morgan fingerprint density at radius 3 is 3.00 bits per heavy atom. The minimum Gasteiger partial charge on any atom is -0.350 e. The fourth-order valence-electron chi connectivity index (χ4n) is 1.50. The fourth-order valence-corrected chi connectivity index (χ4v) is 1.50. The van der Waals surface area contributed by atoms with E-state index >= 15 is 0 Å². The van der Waals surface area contributed by atoms with Gasteiger partial charge >= 0.3 is 0 Å². The Morgan fingerprint density at radius 1 is 1.67 bits per heavy atom. The predicted molar refractivity (Wildman–Crippen MR) is 49.8 cm³/mol. The lowest BCUT2D eigenvalue weighted by atomic mass is 10.2. The molecule has 0 saturated heterocycles. The molecule has 68 valence electrons. The third-order valence-electron chi connectivity index (χ3n) is 2.23. The first-order valence-corrected chi connectivity index (χ1v) is 4.71. The Hall–Kier alpha value is -0.790. The van der Waals surface area contributed by atoms with Gasteiger partial charge in [0.15, 0.2) is 0 Å². The van der Waals surface area contributed by atoms with E-state index in [0.717, 1.165) is 5.92 Å². The molecule has 0 spiro atoms. The largest absolute Gasteiger partial charge is 0.350 e. The summed E-state index contributed by atoms with van der Waals surface area (Å²) in [5.41, 5.74) is 0. The van der Waals surface area contributed by atoms with Crippen LogP contribution in [0, 0.1) is 5.92 Å². The SMILES string of the molecule is C/C=C/C(=O)NC1CC1CCC. The highest BCUT2D eigenvalue weighted by molar-refractivity contribution is 5.87. The molecule has 0 bridgehead atoms. The maximum absolute atomic E-state index is 11.0. The smallest absolute Gasteiger partial charge is 0.243 e. The van der Waals surface area contributed by atoms with Gasteiger partial charge in [0.1, 0.15) is 0 Å². The summed E-state index contributed by atoms with van der Waals surface area (Å²) >= 11 is 0. The number of hydrogen-bond donors (Lipinski definition) is 1. The molecular weight excluding hydrogens is 150 g/mol. The molecule has 0 aromatic rings. The van der Waals surface area contributed by atoms with E-state index in [4.69, 9.17) is 0 Å². The molecule has 1 N–H and O–H groups in total. The van der Waals surface area contributed by atoms with Crippen molar-refractivity contribution in [3.63, 3.8) is 0 Å². The van der Waals surface area contributed by atoms with E-state index in [9.17, 15) is 4.79 Å². The van der Waals surface area contributed by atoms with E-state index in [1.165, 1.54) is 19.3 Å². The van der Waals surface area contributed by atoms with Gasteiger partial charge in [0, 0.05) is 6.04 Å². The van der Waals surface area contributed by atoms with E-state index in [1.807, 2.05) is 6.92 Å². The molecule has 1 fully saturated rings. The number of carbonyl (C=O) groups excluding carboxylic acids is 1. The predicted octanol–water partition coefficient (Wildman–Crippen LogP) is 1.87. The van der Waals surface area contributed by atoms with E-state index in [0.29, 0.717) is 6.04 Å². The maximum atomic E-state index is 11.0. The van der Waals surface area contributed by atoms with E-state index in [-0.39, 0.29) is 5.91 Å². The van der Waals surface area contributed by atoms with Crippen molar-refractivity contribution in [1.82, 2.24) is 5.32 Å². The van der Waals surface area contributed by atoms with Gasteiger partial charge in [-0.05, 0) is 31.8 Å². The van der Waals surface area contributed by atoms with Gasteiger partial charge in [-0.3, -0.25) is 4.79 Å². The molecule has 1 aliphatic carbocycles. The van der Waals surface area contributed by atoms with E-state index in [2.05, 4.69) is 12.2 Å². The highest BCUT2D eigenvalue weighted by atomic mass is 16.1. The van der Waals surface area contributed by atoms with Crippen molar-refractivity contribution in [2.24, 2.45) is 5.92 Å². The van der Waals surface area contributed by atoms with E-state index < -0.39 is 0 Å². The van der Waals surface area contributed by atoms with Gasteiger partial charge in [0.05, 0.1) is 0 Å².